The molecular weight excluding hydrogens is 334 g/mol. The highest BCUT2D eigenvalue weighted by Crippen LogP contribution is 2.23. The quantitative estimate of drug-likeness (QED) is 0.540. The SMILES string of the molecule is O=C(Nc1ccn[nH]1)c1ccc(SCc2cn3ccccc3n2)cc1. The Labute approximate surface area is 148 Å². The third-order valence-corrected chi connectivity index (χ3v) is 4.71. The zero-order chi connectivity index (χ0) is 17.1. The number of rotatable bonds is 5. The van der Waals surface area contributed by atoms with Crippen LogP contribution >= 0.6 is 11.8 Å². The van der Waals surface area contributed by atoms with E-state index in [4.69, 9.17) is 0 Å². The van der Waals surface area contributed by atoms with Crippen LogP contribution in [0.25, 0.3) is 5.65 Å². The summed E-state index contributed by atoms with van der Waals surface area (Å²) in [5.74, 6) is 1.19. The first-order valence-electron chi connectivity index (χ1n) is 7.74. The minimum atomic E-state index is -0.166. The molecule has 1 amide bonds. The monoisotopic (exact) mass is 349 g/mol. The fourth-order valence-corrected chi connectivity index (χ4v) is 3.22. The lowest BCUT2D eigenvalue weighted by molar-refractivity contribution is 0.102. The van der Waals surface area contributed by atoms with Gasteiger partial charge in [0.25, 0.3) is 5.91 Å². The Kier molecular flexibility index (Phi) is 4.22. The number of pyridine rings is 1. The van der Waals surface area contributed by atoms with Gasteiger partial charge >= 0.3 is 0 Å². The molecule has 2 N–H and O–H groups in total. The van der Waals surface area contributed by atoms with E-state index < -0.39 is 0 Å². The van der Waals surface area contributed by atoms with Gasteiger partial charge in [-0.15, -0.1) is 11.8 Å². The third kappa shape index (κ3) is 3.56. The predicted molar refractivity (Wildman–Crippen MR) is 97.7 cm³/mol. The number of carbonyl (C=O) groups is 1. The summed E-state index contributed by atoms with van der Waals surface area (Å²) < 4.78 is 2.01. The van der Waals surface area contributed by atoms with Crippen LogP contribution in [-0.2, 0) is 5.75 Å². The molecule has 0 unspecified atom stereocenters. The number of benzene rings is 1. The van der Waals surface area contributed by atoms with E-state index in [-0.39, 0.29) is 5.91 Å². The highest BCUT2D eigenvalue weighted by Gasteiger charge is 2.07. The third-order valence-electron chi connectivity index (χ3n) is 3.67. The van der Waals surface area contributed by atoms with Gasteiger partial charge in [0.1, 0.15) is 11.5 Å². The molecule has 0 saturated heterocycles. The van der Waals surface area contributed by atoms with Crippen LogP contribution in [-0.4, -0.2) is 25.5 Å². The Morgan fingerprint density at radius 2 is 2.04 bits per heavy atom. The molecule has 6 nitrogen and oxygen atoms in total. The number of nitrogens with one attached hydrogen (secondary N) is 2. The molecule has 1 aromatic carbocycles. The molecule has 0 bridgehead atoms. The highest BCUT2D eigenvalue weighted by molar-refractivity contribution is 7.98. The molecule has 0 aliphatic heterocycles. The Morgan fingerprint density at radius 1 is 1.16 bits per heavy atom. The first-order chi connectivity index (χ1) is 12.3. The fraction of sp³-hybridized carbons (Fsp3) is 0.0556. The number of thioether (sulfide) groups is 1. The molecule has 7 heteroatoms. The van der Waals surface area contributed by atoms with Crippen LogP contribution in [0.2, 0.25) is 0 Å². The van der Waals surface area contributed by atoms with Crippen LogP contribution in [0.5, 0.6) is 0 Å². The van der Waals surface area contributed by atoms with Gasteiger partial charge in [0.15, 0.2) is 0 Å². The second kappa shape index (κ2) is 6.82. The minimum Gasteiger partial charge on any atom is -0.307 e. The molecule has 0 atom stereocenters. The number of nitrogens with zero attached hydrogens (tertiary/aromatic N) is 3. The molecule has 4 aromatic rings. The van der Waals surface area contributed by atoms with Crippen molar-refractivity contribution >= 4 is 29.1 Å². The first kappa shape index (κ1) is 15.5. The van der Waals surface area contributed by atoms with Crippen LogP contribution < -0.4 is 5.32 Å². The molecule has 25 heavy (non-hydrogen) atoms. The fourth-order valence-electron chi connectivity index (χ4n) is 2.44. The molecule has 124 valence electrons. The second-order valence-electron chi connectivity index (χ2n) is 5.44. The number of aromatic nitrogens is 4. The van der Waals surface area contributed by atoms with Gasteiger partial charge in [0, 0.05) is 34.7 Å². The zero-order valence-electron chi connectivity index (χ0n) is 13.2. The molecule has 3 aromatic heterocycles. The van der Waals surface area contributed by atoms with E-state index >= 15 is 0 Å². The van der Waals surface area contributed by atoms with E-state index in [1.807, 2.05) is 59.3 Å². The summed E-state index contributed by atoms with van der Waals surface area (Å²) in [6.45, 7) is 0. The van der Waals surface area contributed by atoms with E-state index in [1.165, 1.54) is 0 Å². The summed E-state index contributed by atoms with van der Waals surface area (Å²) in [7, 11) is 0. The molecule has 0 radical (unpaired) electrons. The summed E-state index contributed by atoms with van der Waals surface area (Å²) in [4.78, 5) is 17.8. The molecule has 3 heterocycles. The Morgan fingerprint density at radius 3 is 2.80 bits per heavy atom. The predicted octanol–water partition coefficient (Wildman–Crippen LogP) is 3.60. The number of anilines is 1. The molecule has 4 rings (SSSR count). The number of amides is 1. The number of imidazole rings is 1. The van der Waals surface area contributed by atoms with Gasteiger partial charge in [-0.05, 0) is 36.4 Å². The summed E-state index contributed by atoms with van der Waals surface area (Å²) >= 11 is 1.69. The molecular formula is C18H15N5OS. The molecule has 0 saturated carbocycles. The maximum absolute atomic E-state index is 12.1. The number of aromatic amines is 1. The topological polar surface area (TPSA) is 75.1 Å². The van der Waals surface area contributed by atoms with Crippen LogP contribution in [0, 0.1) is 0 Å². The van der Waals surface area contributed by atoms with Crippen LogP contribution in [0.3, 0.4) is 0 Å². The van der Waals surface area contributed by atoms with E-state index in [0.717, 1.165) is 22.0 Å². The van der Waals surface area contributed by atoms with Crippen molar-refractivity contribution in [3.8, 4) is 0 Å². The second-order valence-corrected chi connectivity index (χ2v) is 6.48. The van der Waals surface area contributed by atoms with Crippen molar-refractivity contribution in [2.24, 2.45) is 0 Å². The van der Waals surface area contributed by atoms with E-state index in [1.54, 1.807) is 24.0 Å². The number of H-pyrrole nitrogens is 1. The lowest BCUT2D eigenvalue weighted by atomic mass is 10.2. The summed E-state index contributed by atoms with van der Waals surface area (Å²) in [6.07, 6.45) is 5.62. The maximum Gasteiger partial charge on any atom is 0.256 e. The van der Waals surface area contributed by atoms with Crippen molar-refractivity contribution in [1.82, 2.24) is 19.6 Å². The smallest absolute Gasteiger partial charge is 0.256 e. The van der Waals surface area contributed by atoms with Gasteiger partial charge < -0.3 is 9.72 Å². The summed E-state index contributed by atoms with van der Waals surface area (Å²) in [6, 6.07) is 15.2. The van der Waals surface area contributed by atoms with Gasteiger partial charge in [-0.2, -0.15) is 5.10 Å². The van der Waals surface area contributed by atoms with Gasteiger partial charge in [0.2, 0.25) is 0 Å². The lowest BCUT2D eigenvalue weighted by Crippen LogP contribution is -2.11. The van der Waals surface area contributed by atoms with E-state index in [0.29, 0.717) is 11.4 Å². The Hall–Kier alpha value is -3.06. The van der Waals surface area contributed by atoms with Crippen molar-refractivity contribution in [2.75, 3.05) is 5.32 Å². The Balaban J connectivity index is 1.39. The van der Waals surface area contributed by atoms with Crippen molar-refractivity contribution in [3.05, 3.63) is 78.4 Å². The first-order valence-corrected chi connectivity index (χ1v) is 8.73. The van der Waals surface area contributed by atoms with Crippen LogP contribution in [0.15, 0.2) is 72.0 Å². The average Bonchev–Trinajstić information content (AvgIpc) is 3.29. The van der Waals surface area contributed by atoms with Crippen molar-refractivity contribution in [1.29, 1.82) is 0 Å². The van der Waals surface area contributed by atoms with Crippen molar-refractivity contribution in [2.45, 2.75) is 10.6 Å². The van der Waals surface area contributed by atoms with Gasteiger partial charge in [-0.25, -0.2) is 4.98 Å². The largest absolute Gasteiger partial charge is 0.307 e. The molecule has 0 fully saturated rings. The normalized spacial score (nSPS) is 10.9. The zero-order valence-corrected chi connectivity index (χ0v) is 14.0. The van der Waals surface area contributed by atoms with Crippen molar-refractivity contribution in [3.63, 3.8) is 0 Å². The minimum absolute atomic E-state index is 0.166. The lowest BCUT2D eigenvalue weighted by Gasteiger charge is -2.04. The number of fused-ring (bicyclic) bond motifs is 1. The molecule has 0 spiro atoms. The standard InChI is InChI=1S/C18H15N5OS/c24-18(21-16-8-9-19-22-16)13-4-6-15(7-5-13)25-12-14-11-23-10-2-1-3-17(23)20-14/h1-11H,12H2,(H2,19,21,22,24). The molecule has 0 aliphatic rings. The Bertz CT molecular complexity index is 959. The van der Waals surface area contributed by atoms with E-state index in [2.05, 4.69) is 20.5 Å². The molecule has 0 aliphatic carbocycles. The van der Waals surface area contributed by atoms with Crippen LogP contribution in [0.1, 0.15) is 16.1 Å². The number of carbonyl (C=O) groups excluding carboxylic acids is 1. The summed E-state index contributed by atoms with van der Waals surface area (Å²) in [5.41, 5.74) is 2.58. The van der Waals surface area contributed by atoms with E-state index in [9.17, 15) is 4.79 Å². The number of hydrogen-bond donors (Lipinski definition) is 2. The number of hydrogen-bond acceptors (Lipinski definition) is 4. The maximum atomic E-state index is 12.1. The van der Waals surface area contributed by atoms with Crippen LogP contribution in [0.4, 0.5) is 5.82 Å². The highest BCUT2D eigenvalue weighted by atomic mass is 32.2. The van der Waals surface area contributed by atoms with Gasteiger partial charge in [-0.1, -0.05) is 6.07 Å². The average molecular weight is 349 g/mol. The van der Waals surface area contributed by atoms with Gasteiger partial charge in [-0.3, -0.25) is 9.89 Å². The van der Waals surface area contributed by atoms with Crippen molar-refractivity contribution < 1.29 is 4.79 Å². The summed E-state index contributed by atoms with van der Waals surface area (Å²) in [5, 5.41) is 9.26. The van der Waals surface area contributed by atoms with Gasteiger partial charge in [0.05, 0.1) is 11.9 Å².